The van der Waals surface area contributed by atoms with Crippen molar-refractivity contribution in [2.45, 2.75) is 13.5 Å². The van der Waals surface area contributed by atoms with Crippen LogP contribution in [0, 0.1) is 6.92 Å². The maximum Gasteiger partial charge on any atom is 0.263 e. The molecule has 1 amide bonds. The molecule has 5 nitrogen and oxygen atoms in total. The molecular weight excluding hydrogens is 406 g/mol. The minimum absolute atomic E-state index is 0.0941. The van der Waals surface area contributed by atoms with Crippen molar-refractivity contribution in [2.24, 2.45) is 0 Å². The van der Waals surface area contributed by atoms with E-state index in [0.29, 0.717) is 10.2 Å². The number of para-hydroxylation sites is 1. The van der Waals surface area contributed by atoms with E-state index in [1.54, 1.807) is 0 Å². The molecule has 5 aromatic rings. The second-order valence-corrected chi connectivity index (χ2v) is 8.29. The van der Waals surface area contributed by atoms with E-state index in [1.807, 2.05) is 54.8 Å². The van der Waals surface area contributed by atoms with Crippen molar-refractivity contribution >= 4 is 43.9 Å². The summed E-state index contributed by atoms with van der Waals surface area (Å²) in [5.74, 6) is -0.264. The van der Waals surface area contributed by atoms with Crippen molar-refractivity contribution in [3.63, 3.8) is 0 Å². The molecule has 6 heteroatoms. The lowest BCUT2D eigenvalue weighted by molar-refractivity contribution is -0.116. The highest BCUT2D eigenvalue weighted by molar-refractivity contribution is 7.17. The zero-order valence-corrected chi connectivity index (χ0v) is 17.6. The molecule has 3 aromatic carbocycles. The van der Waals surface area contributed by atoms with Crippen LogP contribution in [-0.2, 0) is 11.3 Å². The highest BCUT2D eigenvalue weighted by Gasteiger charge is 2.15. The van der Waals surface area contributed by atoms with E-state index in [2.05, 4.69) is 34.6 Å². The van der Waals surface area contributed by atoms with Gasteiger partial charge in [0, 0.05) is 16.6 Å². The number of aryl methyl sites for hydroxylation is 1. The standard InChI is InChI=1S/C25H19N3O2S/c1-16-6-2-5-9-21(16)27-22(29)13-28-15-26-24-23(25(28)30)20(14-31-24)19-11-10-17-7-3-4-8-18(17)12-19/h2-12,14-15H,13H2,1H3,(H,27,29). The Morgan fingerprint density at radius 1 is 1.03 bits per heavy atom. The number of carbonyl (C=O) groups excluding carboxylic acids is 1. The summed E-state index contributed by atoms with van der Waals surface area (Å²) in [5.41, 5.74) is 3.30. The molecule has 0 aliphatic heterocycles. The topological polar surface area (TPSA) is 64.0 Å². The predicted molar refractivity (Wildman–Crippen MR) is 127 cm³/mol. The number of benzene rings is 3. The zero-order valence-electron chi connectivity index (χ0n) is 16.8. The Labute approximate surface area is 182 Å². The number of nitrogens with zero attached hydrogens (tertiary/aromatic N) is 2. The highest BCUT2D eigenvalue weighted by Crippen LogP contribution is 2.32. The number of nitrogens with one attached hydrogen (secondary N) is 1. The van der Waals surface area contributed by atoms with Crippen LogP contribution >= 0.6 is 11.3 Å². The minimum atomic E-state index is -0.264. The van der Waals surface area contributed by atoms with Gasteiger partial charge in [-0.3, -0.25) is 14.2 Å². The minimum Gasteiger partial charge on any atom is -0.324 e. The van der Waals surface area contributed by atoms with Gasteiger partial charge in [-0.25, -0.2) is 4.98 Å². The average molecular weight is 426 g/mol. The third kappa shape index (κ3) is 3.62. The van der Waals surface area contributed by atoms with Gasteiger partial charge in [0.1, 0.15) is 11.4 Å². The predicted octanol–water partition coefficient (Wildman–Crippen LogP) is 5.23. The summed E-state index contributed by atoms with van der Waals surface area (Å²) in [7, 11) is 0. The number of rotatable bonds is 4. The van der Waals surface area contributed by atoms with E-state index >= 15 is 0 Å². The van der Waals surface area contributed by atoms with Crippen molar-refractivity contribution in [2.75, 3.05) is 5.32 Å². The molecule has 0 aliphatic rings. The molecular formula is C25H19N3O2S. The molecule has 0 spiro atoms. The number of aromatic nitrogens is 2. The van der Waals surface area contributed by atoms with Gasteiger partial charge in [-0.1, -0.05) is 54.6 Å². The Bertz CT molecular complexity index is 1500. The van der Waals surface area contributed by atoms with E-state index in [-0.39, 0.29) is 18.0 Å². The quantitative estimate of drug-likeness (QED) is 0.429. The monoisotopic (exact) mass is 425 g/mol. The summed E-state index contributed by atoms with van der Waals surface area (Å²) in [5, 5.41) is 7.64. The number of anilines is 1. The first-order chi connectivity index (χ1) is 15.1. The molecule has 0 unspecified atom stereocenters. The van der Waals surface area contributed by atoms with Gasteiger partial charge in [0.2, 0.25) is 5.91 Å². The first kappa shape index (κ1) is 19.2. The Morgan fingerprint density at radius 2 is 1.81 bits per heavy atom. The lowest BCUT2D eigenvalue weighted by Gasteiger charge is -2.10. The van der Waals surface area contributed by atoms with Crippen LogP contribution in [0.5, 0.6) is 0 Å². The lowest BCUT2D eigenvalue weighted by Crippen LogP contribution is -2.28. The maximum absolute atomic E-state index is 13.3. The Morgan fingerprint density at radius 3 is 2.65 bits per heavy atom. The normalized spacial score (nSPS) is 11.1. The van der Waals surface area contributed by atoms with Crippen LogP contribution in [0.3, 0.4) is 0 Å². The summed E-state index contributed by atoms with van der Waals surface area (Å²) in [6, 6.07) is 21.8. The number of carbonyl (C=O) groups is 1. The Hall–Kier alpha value is -3.77. The van der Waals surface area contributed by atoms with Crippen LogP contribution in [0.4, 0.5) is 5.69 Å². The fourth-order valence-electron chi connectivity index (χ4n) is 3.71. The summed E-state index contributed by atoms with van der Waals surface area (Å²) in [6.07, 6.45) is 1.45. The molecule has 1 N–H and O–H groups in total. The molecule has 0 bridgehead atoms. The fourth-order valence-corrected chi connectivity index (χ4v) is 4.61. The van der Waals surface area contributed by atoms with Gasteiger partial charge in [-0.05, 0) is 41.0 Å². The van der Waals surface area contributed by atoms with Crippen LogP contribution in [0.2, 0.25) is 0 Å². The number of thiophene rings is 1. The van der Waals surface area contributed by atoms with Crippen LogP contribution in [-0.4, -0.2) is 15.5 Å². The number of amides is 1. The lowest BCUT2D eigenvalue weighted by atomic mass is 10.0. The van der Waals surface area contributed by atoms with E-state index in [9.17, 15) is 9.59 Å². The van der Waals surface area contributed by atoms with Gasteiger partial charge >= 0.3 is 0 Å². The highest BCUT2D eigenvalue weighted by atomic mass is 32.1. The van der Waals surface area contributed by atoms with E-state index in [0.717, 1.165) is 33.2 Å². The van der Waals surface area contributed by atoms with E-state index in [4.69, 9.17) is 0 Å². The molecule has 0 saturated heterocycles. The molecule has 0 aliphatic carbocycles. The van der Waals surface area contributed by atoms with Crippen molar-refractivity contribution < 1.29 is 4.79 Å². The van der Waals surface area contributed by atoms with Gasteiger partial charge in [0.15, 0.2) is 0 Å². The van der Waals surface area contributed by atoms with Crippen LogP contribution in [0.1, 0.15) is 5.56 Å². The molecule has 0 radical (unpaired) electrons. The first-order valence-electron chi connectivity index (χ1n) is 9.91. The molecule has 2 aromatic heterocycles. The zero-order chi connectivity index (χ0) is 21.4. The van der Waals surface area contributed by atoms with Gasteiger partial charge < -0.3 is 5.32 Å². The molecule has 2 heterocycles. The van der Waals surface area contributed by atoms with Gasteiger partial charge in [0.25, 0.3) is 5.56 Å². The van der Waals surface area contributed by atoms with E-state index in [1.165, 1.54) is 22.2 Å². The molecule has 0 saturated carbocycles. The average Bonchev–Trinajstić information content (AvgIpc) is 3.22. The molecule has 152 valence electrons. The Kier molecular flexibility index (Phi) is 4.84. The number of fused-ring (bicyclic) bond motifs is 2. The SMILES string of the molecule is Cc1ccccc1NC(=O)Cn1cnc2scc(-c3ccc4ccccc4c3)c2c1=O. The van der Waals surface area contributed by atoms with Crippen LogP contribution in [0.15, 0.2) is 83.2 Å². The number of hydrogen-bond donors (Lipinski definition) is 1. The molecule has 0 atom stereocenters. The van der Waals surface area contributed by atoms with Gasteiger partial charge in [-0.2, -0.15) is 0 Å². The molecule has 5 rings (SSSR count). The van der Waals surface area contributed by atoms with Crippen LogP contribution in [0.25, 0.3) is 32.1 Å². The van der Waals surface area contributed by atoms with Crippen molar-refractivity contribution in [1.82, 2.24) is 9.55 Å². The number of hydrogen-bond acceptors (Lipinski definition) is 4. The maximum atomic E-state index is 13.3. The largest absolute Gasteiger partial charge is 0.324 e. The van der Waals surface area contributed by atoms with Gasteiger partial charge in [0.05, 0.1) is 11.7 Å². The smallest absolute Gasteiger partial charge is 0.263 e. The summed E-state index contributed by atoms with van der Waals surface area (Å²) in [6.45, 7) is 1.83. The molecule has 0 fully saturated rings. The van der Waals surface area contributed by atoms with Gasteiger partial charge in [-0.15, -0.1) is 11.3 Å². The third-order valence-electron chi connectivity index (χ3n) is 5.35. The van der Waals surface area contributed by atoms with E-state index < -0.39 is 0 Å². The van der Waals surface area contributed by atoms with Crippen molar-refractivity contribution in [3.05, 3.63) is 94.4 Å². The van der Waals surface area contributed by atoms with Crippen molar-refractivity contribution in [3.8, 4) is 11.1 Å². The fraction of sp³-hybridized carbons (Fsp3) is 0.0800. The summed E-state index contributed by atoms with van der Waals surface area (Å²) in [4.78, 5) is 30.9. The second kappa shape index (κ2) is 7.81. The Balaban J connectivity index is 1.51. The summed E-state index contributed by atoms with van der Waals surface area (Å²) < 4.78 is 1.37. The molecule has 31 heavy (non-hydrogen) atoms. The first-order valence-corrected chi connectivity index (χ1v) is 10.8. The third-order valence-corrected chi connectivity index (χ3v) is 6.24. The summed E-state index contributed by atoms with van der Waals surface area (Å²) >= 11 is 1.44. The van der Waals surface area contributed by atoms with Crippen molar-refractivity contribution in [1.29, 1.82) is 0 Å². The van der Waals surface area contributed by atoms with Crippen LogP contribution < -0.4 is 10.9 Å². The second-order valence-electron chi connectivity index (χ2n) is 7.43.